The summed E-state index contributed by atoms with van der Waals surface area (Å²) in [6.45, 7) is 3.76. The van der Waals surface area contributed by atoms with E-state index in [1.54, 1.807) is 28.4 Å². The quantitative estimate of drug-likeness (QED) is 0.697. The van der Waals surface area contributed by atoms with Crippen molar-refractivity contribution in [1.29, 1.82) is 0 Å². The number of benzene rings is 2. The van der Waals surface area contributed by atoms with Crippen molar-refractivity contribution in [2.75, 3.05) is 35.0 Å². The molecule has 0 aliphatic carbocycles. The van der Waals surface area contributed by atoms with Gasteiger partial charge in [-0.2, -0.15) is 0 Å². The van der Waals surface area contributed by atoms with Gasteiger partial charge in [-0.25, -0.2) is 0 Å². The van der Waals surface area contributed by atoms with Crippen molar-refractivity contribution in [3.8, 4) is 23.0 Å². The van der Waals surface area contributed by atoms with Crippen LogP contribution in [0.25, 0.3) is 0 Å². The van der Waals surface area contributed by atoms with Crippen molar-refractivity contribution in [1.82, 2.24) is 10.2 Å². The van der Waals surface area contributed by atoms with Gasteiger partial charge in [0.2, 0.25) is 5.91 Å². The van der Waals surface area contributed by atoms with E-state index in [1.807, 2.05) is 18.7 Å². The lowest BCUT2D eigenvalue weighted by Crippen LogP contribution is -2.66. The molecule has 1 amide bonds. The van der Waals surface area contributed by atoms with Crippen LogP contribution in [0.2, 0.25) is 0 Å². The van der Waals surface area contributed by atoms with Crippen LogP contribution in [0.4, 0.5) is 0 Å². The predicted molar refractivity (Wildman–Crippen MR) is 126 cm³/mol. The third kappa shape index (κ3) is 3.01. The SMILES string of the molecule is COc1cc2c(c(OC)c1C)CC1NC2[C@@H]2Cc3cc(C)c(OC)c(OC)c3[C@H](CO)N2C1=O. The average Bonchev–Trinajstić information content (AvgIpc) is 2.84. The molecule has 2 unspecified atom stereocenters. The zero-order chi connectivity index (χ0) is 24.3. The van der Waals surface area contributed by atoms with Crippen molar-refractivity contribution in [2.24, 2.45) is 0 Å². The molecular weight excluding hydrogens is 436 g/mol. The number of aryl methyl sites for hydroxylation is 1. The second-order valence-corrected chi connectivity index (χ2v) is 9.25. The lowest BCUT2D eigenvalue weighted by Gasteiger charge is -2.54. The van der Waals surface area contributed by atoms with Gasteiger partial charge in [0.25, 0.3) is 0 Å². The van der Waals surface area contributed by atoms with E-state index in [9.17, 15) is 9.90 Å². The second-order valence-electron chi connectivity index (χ2n) is 9.25. The van der Waals surface area contributed by atoms with E-state index in [0.29, 0.717) is 24.3 Å². The Kier molecular flexibility index (Phi) is 5.61. The number of aliphatic hydroxyl groups is 1. The van der Waals surface area contributed by atoms with Gasteiger partial charge in [0.1, 0.15) is 11.5 Å². The Balaban J connectivity index is 1.71. The van der Waals surface area contributed by atoms with Crippen molar-refractivity contribution >= 4 is 5.91 Å². The van der Waals surface area contributed by atoms with Gasteiger partial charge in [-0.05, 0) is 43.0 Å². The Morgan fingerprint density at radius 3 is 2.32 bits per heavy atom. The first-order chi connectivity index (χ1) is 16.4. The lowest BCUT2D eigenvalue weighted by molar-refractivity contribution is -0.147. The maximum atomic E-state index is 13.8. The number of nitrogens with one attached hydrogen (secondary N) is 1. The topological polar surface area (TPSA) is 89.5 Å². The van der Waals surface area contributed by atoms with Crippen molar-refractivity contribution in [2.45, 2.75) is 50.9 Å². The zero-order valence-electron chi connectivity index (χ0n) is 20.5. The van der Waals surface area contributed by atoms with E-state index < -0.39 is 12.1 Å². The summed E-state index contributed by atoms with van der Waals surface area (Å²) in [5, 5.41) is 14.1. The highest BCUT2D eigenvalue weighted by Gasteiger charge is 2.52. The van der Waals surface area contributed by atoms with Gasteiger partial charge < -0.3 is 29.0 Å². The summed E-state index contributed by atoms with van der Waals surface area (Å²) in [7, 11) is 6.53. The number of nitrogens with zero attached hydrogens (tertiary/aromatic N) is 1. The molecule has 1 saturated heterocycles. The number of aliphatic hydroxyl groups excluding tert-OH is 1. The Morgan fingerprint density at radius 1 is 1.00 bits per heavy atom. The summed E-state index contributed by atoms with van der Waals surface area (Å²) in [6.07, 6.45) is 1.14. The molecule has 8 nitrogen and oxygen atoms in total. The molecule has 8 heteroatoms. The number of fused-ring (bicyclic) bond motifs is 7. The predicted octanol–water partition coefficient (Wildman–Crippen LogP) is 2.39. The summed E-state index contributed by atoms with van der Waals surface area (Å²) in [6, 6.07) is 2.94. The molecule has 3 aliphatic heterocycles. The van der Waals surface area contributed by atoms with Crippen LogP contribution in [-0.4, -0.2) is 63.0 Å². The molecule has 2 aromatic carbocycles. The lowest BCUT2D eigenvalue weighted by atomic mass is 9.75. The molecule has 2 bridgehead atoms. The third-order valence-electron chi connectivity index (χ3n) is 7.69. The number of methoxy groups -OCH3 is 4. The van der Waals surface area contributed by atoms with Crippen LogP contribution in [0, 0.1) is 13.8 Å². The number of carbonyl (C=O) groups excluding carboxylic acids is 1. The number of ether oxygens (including phenoxy) is 4. The summed E-state index contributed by atoms with van der Waals surface area (Å²) in [5.41, 5.74) is 5.91. The smallest absolute Gasteiger partial charge is 0.240 e. The molecule has 0 saturated carbocycles. The highest BCUT2D eigenvalue weighted by atomic mass is 16.5. The molecule has 182 valence electrons. The molecule has 5 rings (SSSR count). The van der Waals surface area contributed by atoms with E-state index in [-0.39, 0.29) is 24.6 Å². The fourth-order valence-corrected chi connectivity index (χ4v) is 6.32. The summed E-state index contributed by atoms with van der Waals surface area (Å²) < 4.78 is 22.8. The van der Waals surface area contributed by atoms with Gasteiger partial charge in [-0.15, -0.1) is 0 Å². The Hall–Kier alpha value is -2.97. The van der Waals surface area contributed by atoms with Gasteiger partial charge in [0, 0.05) is 23.1 Å². The molecule has 1 fully saturated rings. The highest BCUT2D eigenvalue weighted by molar-refractivity contribution is 5.86. The minimum atomic E-state index is -0.520. The van der Waals surface area contributed by atoms with Gasteiger partial charge in [-0.3, -0.25) is 10.1 Å². The second kappa shape index (κ2) is 8.36. The van der Waals surface area contributed by atoms with E-state index >= 15 is 0 Å². The van der Waals surface area contributed by atoms with Crippen LogP contribution in [-0.2, 0) is 17.6 Å². The van der Waals surface area contributed by atoms with Gasteiger partial charge in [0.05, 0.1) is 59.2 Å². The number of amides is 1. The van der Waals surface area contributed by atoms with E-state index in [2.05, 4.69) is 17.4 Å². The standard InChI is InChI=1S/C26H32N2O6/c1-12-7-14-8-18-22-15-10-20(31-3)13(2)24(33-5)16(15)9-17(27-22)26(30)28(18)19(11-29)21(14)25(34-6)23(12)32-4/h7,10,17-19,22,27,29H,8-9,11H2,1-6H3/t17?,18-,19-,22?/m0/s1. The molecule has 2 aromatic rings. The molecule has 0 spiro atoms. The fraction of sp³-hybridized carbons (Fsp3) is 0.500. The highest BCUT2D eigenvalue weighted by Crippen LogP contribution is 2.51. The number of rotatable bonds is 5. The van der Waals surface area contributed by atoms with Crippen LogP contribution in [0.1, 0.15) is 45.5 Å². The van der Waals surface area contributed by atoms with Crippen LogP contribution in [0.3, 0.4) is 0 Å². The van der Waals surface area contributed by atoms with Gasteiger partial charge in [-0.1, -0.05) is 6.07 Å². The van der Waals surface area contributed by atoms with Crippen LogP contribution < -0.4 is 24.3 Å². The summed E-state index contributed by atoms with van der Waals surface area (Å²) in [4.78, 5) is 15.7. The normalized spacial score (nSPS) is 24.7. The number of piperazine rings is 1. The average molecular weight is 469 g/mol. The minimum Gasteiger partial charge on any atom is -0.496 e. The first kappa shape index (κ1) is 22.8. The first-order valence-corrected chi connectivity index (χ1v) is 11.6. The summed E-state index contributed by atoms with van der Waals surface area (Å²) in [5.74, 6) is 2.75. The molecule has 3 heterocycles. The fourth-order valence-electron chi connectivity index (χ4n) is 6.32. The van der Waals surface area contributed by atoms with Crippen LogP contribution in [0.15, 0.2) is 12.1 Å². The van der Waals surface area contributed by atoms with Gasteiger partial charge in [0.15, 0.2) is 11.5 Å². The molecule has 34 heavy (non-hydrogen) atoms. The molecule has 4 atom stereocenters. The number of carbonyl (C=O) groups is 1. The molecule has 0 radical (unpaired) electrons. The van der Waals surface area contributed by atoms with Crippen molar-refractivity contribution < 1.29 is 28.8 Å². The van der Waals surface area contributed by atoms with Crippen molar-refractivity contribution in [3.63, 3.8) is 0 Å². The van der Waals surface area contributed by atoms with Crippen LogP contribution in [0.5, 0.6) is 23.0 Å². The third-order valence-corrected chi connectivity index (χ3v) is 7.69. The Bertz CT molecular complexity index is 1160. The minimum absolute atomic E-state index is 0.0197. The number of hydrogen-bond acceptors (Lipinski definition) is 7. The Morgan fingerprint density at radius 2 is 1.71 bits per heavy atom. The van der Waals surface area contributed by atoms with Crippen molar-refractivity contribution in [3.05, 3.63) is 45.5 Å². The van der Waals surface area contributed by atoms with Gasteiger partial charge >= 0.3 is 0 Å². The molecular formula is C26H32N2O6. The summed E-state index contributed by atoms with van der Waals surface area (Å²) >= 11 is 0. The maximum absolute atomic E-state index is 13.8. The monoisotopic (exact) mass is 468 g/mol. The largest absolute Gasteiger partial charge is 0.496 e. The molecule has 0 aromatic heterocycles. The zero-order valence-corrected chi connectivity index (χ0v) is 20.5. The van der Waals surface area contributed by atoms with Crippen LogP contribution >= 0.6 is 0 Å². The van der Waals surface area contributed by atoms with E-state index in [4.69, 9.17) is 18.9 Å². The van der Waals surface area contributed by atoms with E-state index in [0.717, 1.165) is 44.9 Å². The first-order valence-electron chi connectivity index (χ1n) is 11.6. The molecule has 2 N–H and O–H groups in total. The molecule has 3 aliphatic rings. The Labute approximate surface area is 199 Å². The maximum Gasteiger partial charge on any atom is 0.240 e. The van der Waals surface area contributed by atoms with E-state index in [1.165, 1.54) is 0 Å². The number of hydrogen-bond donors (Lipinski definition) is 2.